The molecule has 1 fully saturated rings. The van der Waals surface area contributed by atoms with Gasteiger partial charge in [0.25, 0.3) is 5.91 Å². The van der Waals surface area contributed by atoms with Crippen molar-refractivity contribution in [3.05, 3.63) is 76.5 Å². The molecule has 0 radical (unpaired) electrons. The molecule has 1 heterocycles. The molecule has 3 aromatic rings. The van der Waals surface area contributed by atoms with Crippen LogP contribution in [0.1, 0.15) is 61.0 Å². The van der Waals surface area contributed by atoms with Crippen molar-refractivity contribution >= 4 is 23.5 Å². The van der Waals surface area contributed by atoms with Crippen molar-refractivity contribution in [2.75, 3.05) is 0 Å². The number of carboxylic acids is 1. The topological polar surface area (TPSA) is 98.0 Å². The van der Waals surface area contributed by atoms with Crippen molar-refractivity contribution in [1.82, 2.24) is 5.32 Å². The first kappa shape index (κ1) is 26.8. The summed E-state index contributed by atoms with van der Waals surface area (Å²) < 4.78 is 17.1. The minimum atomic E-state index is -1.02. The summed E-state index contributed by atoms with van der Waals surface area (Å²) in [4.78, 5) is 24.7. The molecule has 37 heavy (non-hydrogen) atoms. The van der Waals surface area contributed by atoms with Crippen LogP contribution in [0.2, 0.25) is 5.02 Å². The molecule has 2 N–H and O–H groups in total. The lowest BCUT2D eigenvalue weighted by Gasteiger charge is -2.18. The third kappa shape index (κ3) is 7.14. The molecule has 1 atom stereocenters. The van der Waals surface area contributed by atoms with Crippen molar-refractivity contribution in [2.45, 2.75) is 70.8 Å². The van der Waals surface area contributed by atoms with Crippen molar-refractivity contribution in [2.24, 2.45) is 0 Å². The maximum absolute atomic E-state index is 13.0. The molecule has 1 aromatic heterocycles. The molecule has 0 bridgehead atoms. The second-order valence-electron chi connectivity index (χ2n) is 9.53. The Kier molecular flexibility index (Phi) is 8.90. The number of carboxylic acid groups (broad SMARTS) is 1. The Morgan fingerprint density at radius 1 is 1.14 bits per heavy atom. The summed E-state index contributed by atoms with van der Waals surface area (Å²) in [6, 6.07) is 14.3. The van der Waals surface area contributed by atoms with Crippen LogP contribution in [0.15, 0.2) is 59.2 Å². The Labute approximate surface area is 221 Å². The smallest absolute Gasteiger partial charge is 0.333 e. The number of nitrogens with one attached hydrogen (secondary N) is 1. The molecule has 8 heteroatoms. The van der Waals surface area contributed by atoms with Gasteiger partial charge in [0, 0.05) is 18.5 Å². The Morgan fingerprint density at radius 3 is 2.57 bits per heavy atom. The minimum Gasteiger partial charge on any atom is -0.490 e. The van der Waals surface area contributed by atoms with Crippen molar-refractivity contribution < 1.29 is 28.6 Å². The number of carbonyl (C=O) groups excluding carboxylic acids is 1. The van der Waals surface area contributed by atoms with Gasteiger partial charge in [0.2, 0.25) is 0 Å². The normalized spacial score (nSPS) is 14.6. The summed E-state index contributed by atoms with van der Waals surface area (Å²) in [6.45, 7) is 3.80. The molecule has 1 saturated carbocycles. The highest BCUT2D eigenvalue weighted by atomic mass is 35.5. The summed E-state index contributed by atoms with van der Waals surface area (Å²) in [5, 5.41) is 12.8. The van der Waals surface area contributed by atoms with Crippen LogP contribution < -0.4 is 10.1 Å². The number of ether oxygens (including phenoxy) is 2. The quantitative estimate of drug-likeness (QED) is 0.306. The molecule has 0 aliphatic heterocycles. The average molecular weight is 526 g/mol. The van der Waals surface area contributed by atoms with E-state index in [2.05, 4.69) is 5.32 Å². The van der Waals surface area contributed by atoms with E-state index in [1.807, 2.05) is 24.3 Å². The highest BCUT2D eigenvalue weighted by molar-refractivity contribution is 6.34. The Morgan fingerprint density at radius 2 is 1.92 bits per heavy atom. The van der Waals surface area contributed by atoms with Gasteiger partial charge in [-0.3, -0.25) is 4.79 Å². The van der Waals surface area contributed by atoms with Crippen molar-refractivity contribution in [1.29, 1.82) is 0 Å². The lowest BCUT2D eigenvalue weighted by molar-refractivity contribution is -0.153. The fourth-order valence-electron chi connectivity index (χ4n) is 4.55. The zero-order chi connectivity index (χ0) is 26.4. The maximum atomic E-state index is 13.0. The van der Waals surface area contributed by atoms with Gasteiger partial charge in [-0.2, -0.15) is 0 Å². The number of rotatable bonds is 11. The van der Waals surface area contributed by atoms with E-state index in [1.165, 1.54) is 12.8 Å². The summed E-state index contributed by atoms with van der Waals surface area (Å²) in [5.74, 6) is -0.0262. The van der Waals surface area contributed by atoms with E-state index in [0.717, 1.165) is 29.5 Å². The summed E-state index contributed by atoms with van der Waals surface area (Å²) >= 11 is 6.43. The fourth-order valence-corrected chi connectivity index (χ4v) is 4.81. The van der Waals surface area contributed by atoms with Gasteiger partial charge in [0.1, 0.15) is 11.5 Å². The van der Waals surface area contributed by atoms with E-state index in [1.54, 1.807) is 44.4 Å². The van der Waals surface area contributed by atoms with Gasteiger partial charge >= 0.3 is 5.97 Å². The average Bonchev–Trinajstić information content (AvgIpc) is 3.57. The second-order valence-corrected chi connectivity index (χ2v) is 9.94. The zero-order valence-corrected chi connectivity index (χ0v) is 21.8. The maximum Gasteiger partial charge on any atom is 0.333 e. The minimum absolute atomic E-state index is 0.196. The SMILES string of the molecule is CC(C)OC(Cc1ccc(-c2ccco2)c(CNC(=O)c2ccc(OC3CCCC3)cc2Cl)c1)C(=O)O. The van der Waals surface area contributed by atoms with Gasteiger partial charge in [0.15, 0.2) is 6.10 Å². The van der Waals surface area contributed by atoms with Crippen LogP contribution in [0.3, 0.4) is 0 Å². The van der Waals surface area contributed by atoms with E-state index >= 15 is 0 Å². The van der Waals surface area contributed by atoms with Crippen molar-refractivity contribution in [3.8, 4) is 17.1 Å². The van der Waals surface area contributed by atoms with Crippen LogP contribution in [0.25, 0.3) is 11.3 Å². The number of hydrogen-bond acceptors (Lipinski definition) is 5. The molecular weight excluding hydrogens is 494 g/mol. The predicted molar refractivity (Wildman–Crippen MR) is 141 cm³/mol. The number of amides is 1. The van der Waals surface area contributed by atoms with Crippen LogP contribution in [0.5, 0.6) is 5.75 Å². The largest absolute Gasteiger partial charge is 0.490 e. The molecular formula is C29H32ClNO6. The standard InChI is InChI=1S/C29H32ClNO6/c1-18(2)36-27(29(33)34)15-19-9-11-23(26-8-5-13-35-26)20(14-19)17-31-28(32)24-12-10-22(16-25(24)30)37-21-6-3-4-7-21/h5,8-14,16,18,21,27H,3-4,6-7,15,17H2,1-2H3,(H,31,32)(H,33,34). The zero-order valence-electron chi connectivity index (χ0n) is 21.0. The third-order valence-electron chi connectivity index (χ3n) is 6.32. The molecule has 1 aliphatic rings. The molecule has 7 nitrogen and oxygen atoms in total. The van der Waals surface area contributed by atoms with Gasteiger partial charge < -0.3 is 24.3 Å². The highest BCUT2D eigenvalue weighted by Crippen LogP contribution is 2.29. The van der Waals surface area contributed by atoms with E-state index in [4.69, 9.17) is 25.5 Å². The predicted octanol–water partition coefficient (Wildman–Crippen LogP) is 6.27. The van der Waals surface area contributed by atoms with E-state index in [-0.39, 0.29) is 31.1 Å². The van der Waals surface area contributed by atoms with Crippen LogP contribution in [-0.2, 0) is 22.5 Å². The lowest BCUT2D eigenvalue weighted by Crippen LogP contribution is -2.29. The Bertz CT molecular complexity index is 1220. The van der Waals surface area contributed by atoms with Gasteiger partial charge in [-0.05, 0) is 81.0 Å². The fraction of sp³-hybridized carbons (Fsp3) is 0.379. The summed E-state index contributed by atoms with van der Waals surface area (Å²) in [7, 11) is 0. The summed E-state index contributed by atoms with van der Waals surface area (Å²) in [5.41, 5.74) is 2.72. The Hall–Kier alpha value is -3.29. The number of hydrogen-bond donors (Lipinski definition) is 2. The molecule has 1 amide bonds. The molecule has 0 saturated heterocycles. The first-order valence-electron chi connectivity index (χ1n) is 12.6. The summed E-state index contributed by atoms with van der Waals surface area (Å²) in [6.07, 6.45) is 5.20. The number of benzene rings is 2. The number of carbonyl (C=O) groups is 2. The molecule has 4 rings (SSSR count). The molecule has 0 spiro atoms. The molecule has 1 unspecified atom stereocenters. The molecule has 2 aromatic carbocycles. The third-order valence-corrected chi connectivity index (χ3v) is 6.63. The highest BCUT2D eigenvalue weighted by Gasteiger charge is 2.22. The van der Waals surface area contributed by atoms with Crippen molar-refractivity contribution in [3.63, 3.8) is 0 Å². The van der Waals surface area contributed by atoms with Crippen LogP contribution >= 0.6 is 11.6 Å². The van der Waals surface area contributed by atoms with Gasteiger partial charge in [0.05, 0.1) is 29.1 Å². The molecule has 196 valence electrons. The van der Waals surface area contributed by atoms with Gasteiger partial charge in [-0.25, -0.2) is 4.79 Å². The first-order valence-corrected chi connectivity index (χ1v) is 13.0. The van der Waals surface area contributed by atoms with Crippen LogP contribution in [0, 0.1) is 0 Å². The van der Waals surface area contributed by atoms with Gasteiger partial charge in [-0.1, -0.05) is 29.8 Å². The van der Waals surface area contributed by atoms with Crippen LogP contribution in [0.4, 0.5) is 0 Å². The number of furan rings is 1. The molecule has 1 aliphatic carbocycles. The van der Waals surface area contributed by atoms with Gasteiger partial charge in [-0.15, -0.1) is 0 Å². The number of aliphatic carboxylic acids is 1. The Balaban J connectivity index is 1.50. The van der Waals surface area contributed by atoms with E-state index in [9.17, 15) is 14.7 Å². The monoisotopic (exact) mass is 525 g/mol. The van der Waals surface area contributed by atoms with E-state index in [0.29, 0.717) is 22.1 Å². The second kappa shape index (κ2) is 12.3. The number of halogens is 1. The van der Waals surface area contributed by atoms with Crippen LogP contribution in [-0.4, -0.2) is 35.3 Å². The van der Waals surface area contributed by atoms with E-state index < -0.39 is 12.1 Å². The first-order chi connectivity index (χ1) is 17.8. The lowest BCUT2D eigenvalue weighted by atomic mass is 9.98.